The number of nitro benzene ring substituents is 1. The van der Waals surface area contributed by atoms with Gasteiger partial charge in [0.15, 0.2) is 5.75 Å². The molecule has 0 N–H and O–H groups in total. The van der Waals surface area contributed by atoms with E-state index in [-0.39, 0.29) is 33.1 Å². The number of carbonyl (C=O) groups is 1. The first kappa shape index (κ1) is 14.0. The van der Waals surface area contributed by atoms with E-state index in [1.165, 1.54) is 30.6 Å². The van der Waals surface area contributed by atoms with Crippen molar-refractivity contribution < 1.29 is 19.0 Å². The zero-order chi connectivity index (χ0) is 15.7. The predicted molar refractivity (Wildman–Crippen MR) is 74.9 cm³/mol. The van der Waals surface area contributed by atoms with Crippen LogP contribution in [-0.2, 0) is 0 Å². The number of non-ortho nitro benzene ring substituents is 1. The SMILES string of the molecule is O=C(Oc1c(Cl)cc([N+](=O)[O-])c2cccnc12)c1ccno1. The van der Waals surface area contributed by atoms with Crippen molar-refractivity contribution in [3.8, 4) is 5.75 Å². The van der Waals surface area contributed by atoms with Crippen LogP contribution >= 0.6 is 11.6 Å². The molecule has 0 fully saturated rings. The zero-order valence-corrected chi connectivity index (χ0v) is 11.5. The molecule has 3 aromatic rings. The van der Waals surface area contributed by atoms with E-state index in [0.29, 0.717) is 0 Å². The third-order valence-electron chi connectivity index (χ3n) is 2.81. The Morgan fingerprint density at radius 2 is 2.18 bits per heavy atom. The van der Waals surface area contributed by atoms with Crippen molar-refractivity contribution in [1.82, 2.24) is 10.1 Å². The van der Waals surface area contributed by atoms with Gasteiger partial charge in [-0.25, -0.2) is 4.79 Å². The minimum absolute atomic E-state index is 0.0794. The fourth-order valence-electron chi connectivity index (χ4n) is 1.88. The number of carbonyl (C=O) groups excluding carboxylic acids is 1. The Morgan fingerprint density at radius 3 is 2.86 bits per heavy atom. The second-order valence-electron chi connectivity index (χ2n) is 4.13. The topological polar surface area (TPSA) is 108 Å². The summed E-state index contributed by atoms with van der Waals surface area (Å²) in [6.07, 6.45) is 2.69. The summed E-state index contributed by atoms with van der Waals surface area (Å²) >= 11 is 5.99. The number of rotatable bonds is 3. The Balaban J connectivity index is 2.14. The van der Waals surface area contributed by atoms with E-state index in [4.69, 9.17) is 16.3 Å². The minimum Gasteiger partial charge on any atom is -0.417 e. The highest BCUT2D eigenvalue weighted by Crippen LogP contribution is 2.38. The molecule has 9 heteroatoms. The number of nitro groups is 1. The highest BCUT2D eigenvalue weighted by molar-refractivity contribution is 6.34. The molecule has 3 rings (SSSR count). The van der Waals surface area contributed by atoms with E-state index in [9.17, 15) is 14.9 Å². The van der Waals surface area contributed by atoms with Crippen LogP contribution in [0.4, 0.5) is 5.69 Å². The van der Waals surface area contributed by atoms with Crippen LogP contribution in [0.1, 0.15) is 10.6 Å². The monoisotopic (exact) mass is 319 g/mol. The molecule has 22 heavy (non-hydrogen) atoms. The number of benzene rings is 1. The first-order chi connectivity index (χ1) is 10.6. The molecule has 8 nitrogen and oxygen atoms in total. The summed E-state index contributed by atoms with van der Waals surface area (Å²) in [6, 6.07) is 5.44. The summed E-state index contributed by atoms with van der Waals surface area (Å²) in [5.41, 5.74) is -0.123. The van der Waals surface area contributed by atoms with Gasteiger partial charge < -0.3 is 9.26 Å². The lowest BCUT2D eigenvalue weighted by Gasteiger charge is -2.08. The van der Waals surface area contributed by atoms with Crippen LogP contribution in [0, 0.1) is 10.1 Å². The van der Waals surface area contributed by atoms with Crippen LogP contribution in [0.3, 0.4) is 0 Å². The van der Waals surface area contributed by atoms with Gasteiger partial charge in [-0.15, -0.1) is 0 Å². The van der Waals surface area contributed by atoms with Crippen molar-refractivity contribution >= 4 is 34.2 Å². The average molecular weight is 320 g/mol. The fourth-order valence-corrected chi connectivity index (χ4v) is 2.11. The van der Waals surface area contributed by atoms with Crippen molar-refractivity contribution in [3.05, 3.63) is 57.6 Å². The smallest absolute Gasteiger partial charge is 0.382 e. The molecule has 0 saturated heterocycles. The molecule has 2 aromatic heterocycles. The van der Waals surface area contributed by atoms with Gasteiger partial charge in [0.05, 0.1) is 21.5 Å². The van der Waals surface area contributed by atoms with Gasteiger partial charge in [-0.1, -0.05) is 16.8 Å². The lowest BCUT2D eigenvalue weighted by atomic mass is 10.1. The van der Waals surface area contributed by atoms with Crippen molar-refractivity contribution in [1.29, 1.82) is 0 Å². The maximum atomic E-state index is 11.9. The molecule has 2 heterocycles. The molecule has 0 bridgehead atoms. The second kappa shape index (κ2) is 5.41. The van der Waals surface area contributed by atoms with E-state index in [2.05, 4.69) is 14.7 Å². The summed E-state index contributed by atoms with van der Waals surface area (Å²) in [5, 5.41) is 14.6. The molecule has 0 aliphatic heterocycles. The molecular formula is C13H6ClN3O5. The molecule has 0 atom stereocenters. The predicted octanol–water partition coefficient (Wildman–Crippen LogP) is 3.00. The van der Waals surface area contributed by atoms with Gasteiger partial charge in [0, 0.05) is 18.3 Å². The first-order valence-corrected chi connectivity index (χ1v) is 6.30. The van der Waals surface area contributed by atoms with Crippen molar-refractivity contribution in [2.24, 2.45) is 0 Å². The van der Waals surface area contributed by atoms with Gasteiger partial charge in [-0.05, 0) is 12.1 Å². The molecule has 0 aliphatic carbocycles. The van der Waals surface area contributed by atoms with E-state index >= 15 is 0 Å². The van der Waals surface area contributed by atoms with Gasteiger partial charge in [0.1, 0.15) is 5.52 Å². The third kappa shape index (κ3) is 2.35. The molecular weight excluding hydrogens is 314 g/mol. The summed E-state index contributed by atoms with van der Waals surface area (Å²) in [5.74, 6) is -1.04. The molecule has 0 unspecified atom stereocenters. The van der Waals surface area contributed by atoms with Crippen LogP contribution in [0.2, 0.25) is 5.02 Å². The molecule has 0 amide bonds. The normalized spacial score (nSPS) is 10.6. The van der Waals surface area contributed by atoms with Crippen LogP contribution in [0.15, 0.2) is 41.2 Å². The van der Waals surface area contributed by atoms with Gasteiger partial charge in [0.2, 0.25) is 5.76 Å². The molecule has 0 spiro atoms. The summed E-state index contributed by atoms with van der Waals surface area (Å²) in [6.45, 7) is 0. The maximum absolute atomic E-state index is 11.9. The third-order valence-corrected chi connectivity index (χ3v) is 3.09. The number of hydrogen-bond donors (Lipinski definition) is 0. The Kier molecular flexibility index (Phi) is 3.43. The van der Waals surface area contributed by atoms with Gasteiger partial charge in [-0.2, -0.15) is 0 Å². The van der Waals surface area contributed by atoms with Crippen LogP contribution in [0.5, 0.6) is 5.75 Å². The Labute approximate surface area is 127 Å². The number of pyridine rings is 1. The van der Waals surface area contributed by atoms with Gasteiger partial charge >= 0.3 is 5.97 Å². The second-order valence-corrected chi connectivity index (χ2v) is 4.54. The highest BCUT2D eigenvalue weighted by atomic mass is 35.5. The van der Waals surface area contributed by atoms with Crippen molar-refractivity contribution in [3.63, 3.8) is 0 Å². The molecule has 110 valence electrons. The number of esters is 1. The number of nitrogens with zero attached hydrogens (tertiary/aromatic N) is 3. The van der Waals surface area contributed by atoms with Crippen molar-refractivity contribution in [2.45, 2.75) is 0 Å². The van der Waals surface area contributed by atoms with Gasteiger partial charge in [0.25, 0.3) is 5.69 Å². The Bertz CT molecular complexity index is 879. The summed E-state index contributed by atoms with van der Waals surface area (Å²) in [4.78, 5) is 26.4. The Hall–Kier alpha value is -3.00. The molecule has 0 saturated carbocycles. The molecule has 0 radical (unpaired) electrons. The number of halogens is 1. The molecule has 0 aliphatic rings. The minimum atomic E-state index is -0.833. The first-order valence-electron chi connectivity index (χ1n) is 5.92. The lowest BCUT2D eigenvalue weighted by molar-refractivity contribution is -0.383. The van der Waals surface area contributed by atoms with Crippen LogP contribution < -0.4 is 4.74 Å². The standard InChI is InChI=1S/C13H6ClN3O5/c14-8-6-9(17(19)20)7-2-1-4-15-11(7)12(8)21-13(18)10-3-5-16-22-10/h1-6H. The number of ether oxygens (including phenoxy) is 1. The van der Waals surface area contributed by atoms with E-state index in [0.717, 1.165) is 6.07 Å². The average Bonchev–Trinajstić information content (AvgIpc) is 3.04. The van der Waals surface area contributed by atoms with Crippen molar-refractivity contribution in [2.75, 3.05) is 0 Å². The Morgan fingerprint density at radius 1 is 1.36 bits per heavy atom. The van der Waals surface area contributed by atoms with E-state index < -0.39 is 10.9 Å². The number of aromatic nitrogens is 2. The van der Waals surface area contributed by atoms with Crippen LogP contribution in [0.25, 0.3) is 10.9 Å². The fraction of sp³-hybridized carbons (Fsp3) is 0. The number of hydrogen-bond acceptors (Lipinski definition) is 7. The number of fused-ring (bicyclic) bond motifs is 1. The lowest BCUT2D eigenvalue weighted by Crippen LogP contribution is -2.08. The molecule has 1 aromatic carbocycles. The van der Waals surface area contributed by atoms with Gasteiger partial charge in [-0.3, -0.25) is 15.1 Å². The zero-order valence-electron chi connectivity index (χ0n) is 10.7. The highest BCUT2D eigenvalue weighted by Gasteiger charge is 2.23. The van der Waals surface area contributed by atoms with E-state index in [1.807, 2.05) is 0 Å². The summed E-state index contributed by atoms with van der Waals surface area (Å²) < 4.78 is 9.83. The maximum Gasteiger partial charge on any atom is 0.382 e. The quantitative estimate of drug-likeness (QED) is 0.316. The van der Waals surface area contributed by atoms with Crippen LogP contribution in [-0.4, -0.2) is 21.0 Å². The van der Waals surface area contributed by atoms with E-state index in [1.54, 1.807) is 0 Å². The summed E-state index contributed by atoms with van der Waals surface area (Å²) in [7, 11) is 0. The largest absolute Gasteiger partial charge is 0.417 e.